The lowest BCUT2D eigenvalue weighted by Crippen LogP contribution is -2.46. The zero-order valence-electron chi connectivity index (χ0n) is 12.7. The summed E-state index contributed by atoms with van der Waals surface area (Å²) in [7, 11) is 1.75. The SMILES string of the molecule is COCCNCC1(COCC2CC2)CCOC1C1CC1. The van der Waals surface area contributed by atoms with Crippen molar-refractivity contribution in [3.8, 4) is 0 Å². The Bertz CT molecular complexity index is 304. The summed E-state index contributed by atoms with van der Waals surface area (Å²) in [5.74, 6) is 1.63. The van der Waals surface area contributed by atoms with Gasteiger partial charge in [-0.25, -0.2) is 0 Å². The van der Waals surface area contributed by atoms with Crippen LogP contribution in [0, 0.1) is 17.3 Å². The number of methoxy groups -OCH3 is 1. The van der Waals surface area contributed by atoms with E-state index >= 15 is 0 Å². The Labute approximate surface area is 122 Å². The molecular weight excluding hydrogens is 254 g/mol. The zero-order chi connectivity index (χ0) is 13.8. The van der Waals surface area contributed by atoms with Crippen molar-refractivity contribution in [2.45, 2.75) is 38.2 Å². The molecule has 0 aromatic carbocycles. The second-order valence-electron chi connectivity index (χ2n) is 6.87. The molecule has 0 aromatic rings. The molecule has 0 bridgehead atoms. The van der Waals surface area contributed by atoms with Crippen LogP contribution in [0.15, 0.2) is 0 Å². The minimum absolute atomic E-state index is 0.198. The Hall–Kier alpha value is -0.160. The molecule has 0 radical (unpaired) electrons. The van der Waals surface area contributed by atoms with E-state index in [-0.39, 0.29) is 5.41 Å². The van der Waals surface area contributed by atoms with Gasteiger partial charge in [0.25, 0.3) is 0 Å². The second kappa shape index (κ2) is 6.73. The van der Waals surface area contributed by atoms with E-state index in [9.17, 15) is 0 Å². The Morgan fingerprint density at radius 2 is 2.10 bits per heavy atom. The Balaban J connectivity index is 1.52. The standard InChI is InChI=1S/C16H29NO3/c1-18-9-7-17-11-16(12-19-10-13-2-3-13)6-8-20-15(16)14-4-5-14/h13-15,17H,2-12H2,1H3. The highest BCUT2D eigenvalue weighted by atomic mass is 16.5. The number of hydrogen-bond donors (Lipinski definition) is 1. The van der Waals surface area contributed by atoms with Gasteiger partial charge in [-0.2, -0.15) is 0 Å². The van der Waals surface area contributed by atoms with Gasteiger partial charge in [-0.15, -0.1) is 0 Å². The van der Waals surface area contributed by atoms with Crippen LogP contribution in [0.1, 0.15) is 32.1 Å². The molecule has 1 aliphatic heterocycles. The number of nitrogens with one attached hydrogen (secondary N) is 1. The summed E-state index contributed by atoms with van der Waals surface area (Å²) in [5.41, 5.74) is 0.198. The van der Waals surface area contributed by atoms with Crippen LogP contribution in [0.4, 0.5) is 0 Å². The highest BCUT2D eigenvalue weighted by molar-refractivity contribution is 5.00. The van der Waals surface area contributed by atoms with Gasteiger partial charge in [-0.3, -0.25) is 0 Å². The van der Waals surface area contributed by atoms with Crippen molar-refractivity contribution in [3.63, 3.8) is 0 Å². The first-order chi connectivity index (χ1) is 9.84. The van der Waals surface area contributed by atoms with E-state index in [1.807, 2.05) is 0 Å². The quantitative estimate of drug-likeness (QED) is 0.621. The van der Waals surface area contributed by atoms with Crippen molar-refractivity contribution in [3.05, 3.63) is 0 Å². The number of rotatable bonds is 10. The van der Waals surface area contributed by atoms with E-state index in [2.05, 4.69) is 5.32 Å². The summed E-state index contributed by atoms with van der Waals surface area (Å²) in [6.07, 6.45) is 6.96. The molecule has 3 fully saturated rings. The van der Waals surface area contributed by atoms with Crippen molar-refractivity contribution in [2.24, 2.45) is 17.3 Å². The van der Waals surface area contributed by atoms with E-state index in [0.29, 0.717) is 6.10 Å². The molecule has 1 N–H and O–H groups in total. The van der Waals surface area contributed by atoms with Gasteiger partial charge in [-0.05, 0) is 43.9 Å². The van der Waals surface area contributed by atoms with Crippen molar-refractivity contribution >= 4 is 0 Å². The average Bonchev–Trinajstić information content (AvgIpc) is 3.36. The molecule has 1 saturated heterocycles. The lowest BCUT2D eigenvalue weighted by Gasteiger charge is -2.34. The Morgan fingerprint density at radius 1 is 1.25 bits per heavy atom. The zero-order valence-corrected chi connectivity index (χ0v) is 12.7. The maximum Gasteiger partial charge on any atom is 0.0694 e. The van der Waals surface area contributed by atoms with Crippen molar-refractivity contribution in [2.75, 3.05) is 46.6 Å². The van der Waals surface area contributed by atoms with Gasteiger partial charge in [0, 0.05) is 38.8 Å². The molecule has 4 nitrogen and oxygen atoms in total. The van der Waals surface area contributed by atoms with Gasteiger partial charge in [0.2, 0.25) is 0 Å². The molecule has 20 heavy (non-hydrogen) atoms. The molecule has 0 aromatic heterocycles. The third kappa shape index (κ3) is 3.73. The van der Waals surface area contributed by atoms with Crippen LogP contribution in [0.5, 0.6) is 0 Å². The van der Waals surface area contributed by atoms with Crippen molar-refractivity contribution in [1.82, 2.24) is 5.32 Å². The molecule has 2 aliphatic carbocycles. The van der Waals surface area contributed by atoms with E-state index < -0.39 is 0 Å². The summed E-state index contributed by atoms with van der Waals surface area (Å²) in [4.78, 5) is 0. The molecule has 116 valence electrons. The first-order valence-corrected chi connectivity index (χ1v) is 8.23. The highest BCUT2D eigenvalue weighted by Gasteiger charge is 2.51. The molecule has 0 amide bonds. The minimum Gasteiger partial charge on any atom is -0.383 e. The smallest absolute Gasteiger partial charge is 0.0694 e. The average molecular weight is 283 g/mol. The van der Waals surface area contributed by atoms with Crippen LogP contribution in [-0.2, 0) is 14.2 Å². The van der Waals surface area contributed by atoms with Crippen LogP contribution in [0.3, 0.4) is 0 Å². The van der Waals surface area contributed by atoms with Crippen LogP contribution >= 0.6 is 0 Å². The fourth-order valence-corrected chi connectivity index (χ4v) is 3.36. The number of ether oxygens (including phenoxy) is 3. The van der Waals surface area contributed by atoms with E-state index in [1.54, 1.807) is 7.11 Å². The predicted octanol–water partition coefficient (Wildman–Crippen LogP) is 1.83. The topological polar surface area (TPSA) is 39.7 Å². The highest BCUT2D eigenvalue weighted by Crippen LogP contribution is 2.48. The molecule has 2 saturated carbocycles. The van der Waals surface area contributed by atoms with Gasteiger partial charge in [0.15, 0.2) is 0 Å². The van der Waals surface area contributed by atoms with Gasteiger partial charge in [0.05, 0.1) is 19.3 Å². The molecule has 4 heteroatoms. The largest absolute Gasteiger partial charge is 0.383 e. The van der Waals surface area contributed by atoms with Crippen LogP contribution < -0.4 is 5.32 Å². The van der Waals surface area contributed by atoms with Crippen LogP contribution in [0.25, 0.3) is 0 Å². The van der Waals surface area contributed by atoms with Crippen molar-refractivity contribution < 1.29 is 14.2 Å². The second-order valence-corrected chi connectivity index (χ2v) is 6.87. The summed E-state index contributed by atoms with van der Waals surface area (Å²) < 4.78 is 17.3. The maximum atomic E-state index is 6.07. The Morgan fingerprint density at radius 3 is 2.80 bits per heavy atom. The third-order valence-electron chi connectivity index (χ3n) is 4.95. The molecule has 0 spiro atoms. The lowest BCUT2D eigenvalue weighted by molar-refractivity contribution is -0.0277. The van der Waals surface area contributed by atoms with E-state index in [4.69, 9.17) is 14.2 Å². The fourth-order valence-electron chi connectivity index (χ4n) is 3.36. The van der Waals surface area contributed by atoms with Gasteiger partial charge >= 0.3 is 0 Å². The predicted molar refractivity (Wildman–Crippen MR) is 77.8 cm³/mol. The fraction of sp³-hybridized carbons (Fsp3) is 1.00. The maximum absolute atomic E-state index is 6.07. The normalized spacial score (nSPS) is 33.8. The summed E-state index contributed by atoms with van der Waals surface area (Å²) in [5, 5.41) is 3.55. The van der Waals surface area contributed by atoms with Crippen molar-refractivity contribution in [1.29, 1.82) is 0 Å². The van der Waals surface area contributed by atoms with E-state index in [0.717, 1.165) is 57.8 Å². The lowest BCUT2D eigenvalue weighted by atomic mass is 9.79. The summed E-state index contributed by atoms with van der Waals surface area (Å²) in [6, 6.07) is 0. The monoisotopic (exact) mass is 283 g/mol. The summed E-state index contributed by atoms with van der Waals surface area (Å²) >= 11 is 0. The molecule has 2 atom stereocenters. The van der Waals surface area contributed by atoms with Crippen LogP contribution in [0.2, 0.25) is 0 Å². The van der Waals surface area contributed by atoms with Gasteiger partial charge < -0.3 is 19.5 Å². The molecule has 3 aliphatic rings. The molecule has 2 unspecified atom stereocenters. The third-order valence-corrected chi connectivity index (χ3v) is 4.95. The Kier molecular flexibility index (Phi) is 4.97. The first-order valence-electron chi connectivity index (χ1n) is 8.23. The minimum atomic E-state index is 0.198. The summed E-state index contributed by atoms with van der Waals surface area (Å²) in [6.45, 7) is 5.41. The molecule has 1 heterocycles. The van der Waals surface area contributed by atoms with Gasteiger partial charge in [-0.1, -0.05) is 0 Å². The van der Waals surface area contributed by atoms with Gasteiger partial charge in [0.1, 0.15) is 0 Å². The van der Waals surface area contributed by atoms with E-state index in [1.165, 1.54) is 25.7 Å². The first kappa shape index (κ1) is 14.8. The number of hydrogen-bond acceptors (Lipinski definition) is 4. The molecule has 3 rings (SSSR count). The molecular formula is C16H29NO3. The van der Waals surface area contributed by atoms with Crippen LogP contribution in [-0.4, -0.2) is 52.7 Å².